The van der Waals surface area contributed by atoms with Gasteiger partial charge < -0.3 is 15.0 Å². The number of amides is 2. The van der Waals surface area contributed by atoms with Gasteiger partial charge in [-0.3, -0.25) is 9.80 Å². The normalized spacial score (nSPS) is 18.0. The summed E-state index contributed by atoms with van der Waals surface area (Å²) in [5, 5.41) is 2.97. The highest BCUT2D eigenvalue weighted by molar-refractivity contribution is 5.89. The zero-order valence-electron chi connectivity index (χ0n) is 18.3. The van der Waals surface area contributed by atoms with E-state index in [0.717, 1.165) is 57.3 Å². The van der Waals surface area contributed by atoms with E-state index in [9.17, 15) is 4.79 Å². The maximum atomic E-state index is 12.4. The predicted octanol–water partition coefficient (Wildman–Crippen LogP) is 3.90. The Balaban J connectivity index is 1.16. The van der Waals surface area contributed by atoms with E-state index in [2.05, 4.69) is 39.4 Å². The number of carbonyl (C=O) groups excluding carboxylic acids is 1. The number of para-hydroxylation sites is 1. The lowest BCUT2D eigenvalue weighted by Crippen LogP contribution is -2.49. The lowest BCUT2D eigenvalue weighted by atomic mass is 10.1. The monoisotopic (exact) mass is 422 g/mol. The molecule has 0 radical (unpaired) electrons. The second-order valence-corrected chi connectivity index (χ2v) is 8.45. The van der Waals surface area contributed by atoms with Crippen LogP contribution in [0.15, 0.2) is 54.6 Å². The number of urea groups is 1. The highest BCUT2D eigenvalue weighted by atomic mass is 16.5. The molecule has 0 aliphatic carbocycles. The SMILES string of the molecule is O=C(Nc1ccccc1)N1CCN(Cc2ccc(OCCN3CCCCC3)cc2)CC1. The van der Waals surface area contributed by atoms with Gasteiger partial charge in [0.15, 0.2) is 0 Å². The van der Waals surface area contributed by atoms with Gasteiger partial charge in [0.2, 0.25) is 0 Å². The molecule has 2 aromatic carbocycles. The molecule has 6 nitrogen and oxygen atoms in total. The summed E-state index contributed by atoms with van der Waals surface area (Å²) in [5.74, 6) is 0.947. The van der Waals surface area contributed by atoms with E-state index < -0.39 is 0 Å². The Kier molecular flexibility index (Phi) is 7.80. The summed E-state index contributed by atoms with van der Waals surface area (Å²) in [6.07, 6.45) is 4.01. The zero-order valence-corrected chi connectivity index (χ0v) is 18.3. The molecule has 4 rings (SSSR count). The van der Waals surface area contributed by atoms with Crippen molar-refractivity contribution in [2.24, 2.45) is 0 Å². The molecule has 0 saturated carbocycles. The van der Waals surface area contributed by atoms with E-state index in [-0.39, 0.29) is 6.03 Å². The Morgan fingerprint density at radius 2 is 1.52 bits per heavy atom. The number of hydrogen-bond donors (Lipinski definition) is 1. The van der Waals surface area contributed by atoms with Crippen LogP contribution in [-0.2, 0) is 6.54 Å². The van der Waals surface area contributed by atoms with Crippen LogP contribution >= 0.6 is 0 Å². The number of ether oxygens (including phenoxy) is 1. The largest absolute Gasteiger partial charge is 0.492 e. The van der Waals surface area contributed by atoms with Crippen LogP contribution in [0.2, 0.25) is 0 Å². The molecule has 2 aromatic rings. The summed E-state index contributed by atoms with van der Waals surface area (Å²) in [6, 6.07) is 18.1. The third-order valence-electron chi connectivity index (χ3n) is 6.14. The molecule has 2 fully saturated rings. The van der Waals surface area contributed by atoms with Gasteiger partial charge in [0, 0.05) is 45.0 Å². The van der Waals surface area contributed by atoms with Crippen LogP contribution in [0.5, 0.6) is 5.75 Å². The van der Waals surface area contributed by atoms with Crippen LogP contribution in [-0.4, -0.2) is 73.2 Å². The van der Waals surface area contributed by atoms with E-state index >= 15 is 0 Å². The second kappa shape index (κ2) is 11.2. The number of piperidine rings is 1. The van der Waals surface area contributed by atoms with Crippen molar-refractivity contribution in [1.29, 1.82) is 0 Å². The van der Waals surface area contributed by atoms with Crippen LogP contribution in [0.25, 0.3) is 0 Å². The molecule has 0 spiro atoms. The van der Waals surface area contributed by atoms with Crippen molar-refractivity contribution in [3.63, 3.8) is 0 Å². The van der Waals surface area contributed by atoms with E-state index in [1.54, 1.807) is 0 Å². The number of benzene rings is 2. The number of piperazine rings is 1. The number of nitrogens with zero attached hydrogens (tertiary/aromatic N) is 3. The third-order valence-corrected chi connectivity index (χ3v) is 6.14. The smallest absolute Gasteiger partial charge is 0.321 e. The molecule has 166 valence electrons. The van der Waals surface area contributed by atoms with Crippen molar-refractivity contribution in [3.05, 3.63) is 60.2 Å². The van der Waals surface area contributed by atoms with Crippen molar-refractivity contribution < 1.29 is 9.53 Å². The van der Waals surface area contributed by atoms with Crippen molar-refractivity contribution in [2.45, 2.75) is 25.8 Å². The topological polar surface area (TPSA) is 48.1 Å². The van der Waals surface area contributed by atoms with Crippen molar-refractivity contribution in [3.8, 4) is 5.75 Å². The summed E-state index contributed by atoms with van der Waals surface area (Å²) in [7, 11) is 0. The van der Waals surface area contributed by atoms with E-state index in [0.29, 0.717) is 0 Å². The lowest BCUT2D eigenvalue weighted by molar-refractivity contribution is 0.143. The first-order valence-corrected chi connectivity index (χ1v) is 11.5. The van der Waals surface area contributed by atoms with E-state index in [1.165, 1.54) is 37.9 Å². The number of rotatable bonds is 7. The van der Waals surface area contributed by atoms with Gasteiger partial charge in [-0.15, -0.1) is 0 Å². The Hall–Kier alpha value is -2.57. The molecule has 0 bridgehead atoms. The number of carbonyl (C=O) groups is 1. The van der Waals surface area contributed by atoms with Crippen molar-refractivity contribution >= 4 is 11.7 Å². The molecule has 0 atom stereocenters. The first-order valence-electron chi connectivity index (χ1n) is 11.5. The fourth-order valence-electron chi connectivity index (χ4n) is 4.26. The molecule has 2 saturated heterocycles. The first kappa shape index (κ1) is 21.7. The molecule has 2 heterocycles. The molecule has 31 heavy (non-hydrogen) atoms. The maximum absolute atomic E-state index is 12.4. The average Bonchev–Trinajstić information content (AvgIpc) is 2.82. The predicted molar refractivity (Wildman–Crippen MR) is 125 cm³/mol. The molecule has 6 heteroatoms. The van der Waals surface area contributed by atoms with E-state index in [1.807, 2.05) is 35.2 Å². The standard InChI is InChI=1S/C25H34N4O2/c30-25(26-23-7-3-1-4-8-23)29-17-15-28(16-18-29)21-22-9-11-24(12-10-22)31-20-19-27-13-5-2-6-14-27/h1,3-4,7-12H,2,5-6,13-21H2,(H,26,30). The lowest BCUT2D eigenvalue weighted by Gasteiger charge is -2.34. The average molecular weight is 423 g/mol. The minimum atomic E-state index is -0.0168. The molecule has 1 N–H and O–H groups in total. The van der Waals surface area contributed by atoms with Gasteiger partial charge in [-0.2, -0.15) is 0 Å². The van der Waals surface area contributed by atoms with E-state index in [4.69, 9.17) is 4.74 Å². The summed E-state index contributed by atoms with van der Waals surface area (Å²) < 4.78 is 5.94. The summed E-state index contributed by atoms with van der Waals surface area (Å²) in [6.45, 7) is 8.37. The van der Waals surface area contributed by atoms with Gasteiger partial charge in [0.25, 0.3) is 0 Å². The molecule has 2 aliphatic heterocycles. The number of anilines is 1. The fourth-order valence-corrected chi connectivity index (χ4v) is 4.26. The summed E-state index contributed by atoms with van der Waals surface area (Å²) in [4.78, 5) is 19.2. The second-order valence-electron chi connectivity index (χ2n) is 8.45. The Morgan fingerprint density at radius 3 is 2.23 bits per heavy atom. The Labute approximate surface area is 185 Å². The number of hydrogen-bond acceptors (Lipinski definition) is 4. The molecule has 2 aliphatic rings. The van der Waals surface area contributed by atoms with Crippen LogP contribution in [0, 0.1) is 0 Å². The zero-order chi connectivity index (χ0) is 21.3. The highest BCUT2D eigenvalue weighted by Gasteiger charge is 2.21. The molecule has 0 unspecified atom stereocenters. The van der Waals surface area contributed by atoms with Crippen molar-refractivity contribution in [1.82, 2.24) is 14.7 Å². The number of nitrogens with one attached hydrogen (secondary N) is 1. The fraction of sp³-hybridized carbons (Fsp3) is 0.480. The molecule has 2 amide bonds. The first-order chi connectivity index (χ1) is 15.3. The highest BCUT2D eigenvalue weighted by Crippen LogP contribution is 2.16. The summed E-state index contributed by atoms with van der Waals surface area (Å²) >= 11 is 0. The summed E-state index contributed by atoms with van der Waals surface area (Å²) in [5.41, 5.74) is 2.12. The van der Waals surface area contributed by atoms with Gasteiger partial charge >= 0.3 is 6.03 Å². The van der Waals surface area contributed by atoms with Crippen LogP contribution < -0.4 is 10.1 Å². The van der Waals surface area contributed by atoms with Crippen LogP contribution in [0.4, 0.5) is 10.5 Å². The quantitative estimate of drug-likeness (QED) is 0.735. The molecular formula is C25H34N4O2. The molecular weight excluding hydrogens is 388 g/mol. The molecule has 0 aromatic heterocycles. The Bertz CT molecular complexity index is 798. The maximum Gasteiger partial charge on any atom is 0.321 e. The van der Waals surface area contributed by atoms with Gasteiger partial charge in [-0.25, -0.2) is 4.79 Å². The van der Waals surface area contributed by atoms with Crippen LogP contribution in [0.3, 0.4) is 0 Å². The Morgan fingerprint density at radius 1 is 0.806 bits per heavy atom. The van der Waals surface area contributed by atoms with Gasteiger partial charge in [-0.05, 0) is 55.8 Å². The van der Waals surface area contributed by atoms with Crippen molar-refractivity contribution in [2.75, 3.05) is 57.7 Å². The minimum Gasteiger partial charge on any atom is -0.492 e. The number of likely N-dealkylation sites (tertiary alicyclic amines) is 1. The van der Waals surface area contributed by atoms with Gasteiger partial charge in [-0.1, -0.05) is 36.8 Å². The van der Waals surface area contributed by atoms with Gasteiger partial charge in [0.05, 0.1) is 0 Å². The third kappa shape index (κ3) is 6.71. The van der Waals surface area contributed by atoms with Crippen LogP contribution in [0.1, 0.15) is 24.8 Å². The van der Waals surface area contributed by atoms with Gasteiger partial charge in [0.1, 0.15) is 12.4 Å². The minimum absolute atomic E-state index is 0.0168.